The van der Waals surface area contributed by atoms with Gasteiger partial charge in [0.25, 0.3) is 0 Å². The molecule has 0 aliphatic heterocycles. The summed E-state index contributed by atoms with van der Waals surface area (Å²) < 4.78 is 0. The van der Waals surface area contributed by atoms with Crippen molar-refractivity contribution in [2.75, 3.05) is 0 Å². The molecule has 2 rings (SSSR count). The predicted molar refractivity (Wildman–Crippen MR) is 72.7 cm³/mol. The van der Waals surface area contributed by atoms with Crippen molar-refractivity contribution in [1.82, 2.24) is 10.3 Å². The second-order valence-corrected chi connectivity index (χ2v) is 4.29. The number of hydrogen-bond acceptors (Lipinski definition) is 1. The minimum atomic E-state index is 0.182. The third kappa shape index (κ3) is 2.89. The standard InChI is InChI=1S/C15H18N2/c1-3-5-14(4-2)17-11-12-6-7-15-13(10-12)8-9-16-15/h2,6-10,14,16-17H,3,5,11H2,1H3. The maximum absolute atomic E-state index is 5.48. The number of H-pyrrole nitrogens is 1. The van der Waals surface area contributed by atoms with Crippen molar-refractivity contribution < 1.29 is 0 Å². The number of aromatic amines is 1. The van der Waals surface area contributed by atoms with Crippen LogP contribution in [0.15, 0.2) is 30.5 Å². The highest BCUT2D eigenvalue weighted by atomic mass is 14.9. The lowest BCUT2D eigenvalue weighted by Gasteiger charge is -2.11. The molecule has 0 saturated heterocycles. The smallest absolute Gasteiger partial charge is 0.0689 e. The third-order valence-electron chi connectivity index (χ3n) is 2.95. The Labute approximate surface area is 102 Å². The Bertz CT molecular complexity index is 519. The monoisotopic (exact) mass is 226 g/mol. The molecule has 0 bridgehead atoms. The molecule has 0 fully saturated rings. The minimum absolute atomic E-state index is 0.182. The van der Waals surface area contributed by atoms with Crippen molar-refractivity contribution in [3.8, 4) is 12.3 Å². The fourth-order valence-electron chi connectivity index (χ4n) is 1.99. The molecule has 1 atom stereocenters. The average molecular weight is 226 g/mol. The van der Waals surface area contributed by atoms with E-state index in [2.05, 4.69) is 47.4 Å². The summed E-state index contributed by atoms with van der Waals surface area (Å²) in [4.78, 5) is 3.19. The Morgan fingerprint density at radius 3 is 3.06 bits per heavy atom. The molecule has 17 heavy (non-hydrogen) atoms. The van der Waals surface area contributed by atoms with Crippen LogP contribution in [0, 0.1) is 12.3 Å². The molecule has 0 amide bonds. The fraction of sp³-hybridized carbons (Fsp3) is 0.333. The van der Waals surface area contributed by atoms with Gasteiger partial charge < -0.3 is 4.98 Å². The minimum Gasteiger partial charge on any atom is -0.361 e. The highest BCUT2D eigenvalue weighted by Crippen LogP contribution is 2.14. The maximum atomic E-state index is 5.48. The van der Waals surface area contributed by atoms with Crippen molar-refractivity contribution in [1.29, 1.82) is 0 Å². The van der Waals surface area contributed by atoms with Crippen LogP contribution in [0.2, 0.25) is 0 Å². The van der Waals surface area contributed by atoms with Crippen molar-refractivity contribution in [2.24, 2.45) is 0 Å². The normalized spacial score (nSPS) is 12.5. The van der Waals surface area contributed by atoms with Crippen LogP contribution in [0.5, 0.6) is 0 Å². The summed E-state index contributed by atoms with van der Waals surface area (Å²) in [7, 11) is 0. The SMILES string of the molecule is C#CC(CCC)NCc1ccc2[nH]ccc2c1. The summed E-state index contributed by atoms with van der Waals surface area (Å²) in [5, 5.41) is 4.64. The van der Waals surface area contributed by atoms with Crippen LogP contribution in [-0.2, 0) is 6.54 Å². The van der Waals surface area contributed by atoms with Gasteiger partial charge >= 0.3 is 0 Å². The van der Waals surface area contributed by atoms with Gasteiger partial charge in [0.05, 0.1) is 6.04 Å². The van der Waals surface area contributed by atoms with E-state index >= 15 is 0 Å². The topological polar surface area (TPSA) is 27.8 Å². The highest BCUT2D eigenvalue weighted by molar-refractivity contribution is 5.79. The summed E-state index contributed by atoms with van der Waals surface area (Å²) in [6.07, 6.45) is 9.58. The Kier molecular flexibility index (Phi) is 3.85. The maximum Gasteiger partial charge on any atom is 0.0689 e. The Hall–Kier alpha value is -1.72. The zero-order valence-corrected chi connectivity index (χ0v) is 10.2. The van der Waals surface area contributed by atoms with E-state index in [-0.39, 0.29) is 6.04 Å². The zero-order chi connectivity index (χ0) is 12.1. The Balaban J connectivity index is 2.01. The number of nitrogens with one attached hydrogen (secondary N) is 2. The van der Waals surface area contributed by atoms with E-state index < -0.39 is 0 Å². The predicted octanol–water partition coefficient (Wildman–Crippen LogP) is 3.06. The number of benzene rings is 1. The first-order chi connectivity index (χ1) is 8.33. The van der Waals surface area contributed by atoms with Gasteiger partial charge in [-0.3, -0.25) is 5.32 Å². The van der Waals surface area contributed by atoms with Crippen LogP contribution in [0.25, 0.3) is 10.9 Å². The van der Waals surface area contributed by atoms with Crippen LogP contribution in [0.3, 0.4) is 0 Å². The molecule has 2 nitrogen and oxygen atoms in total. The van der Waals surface area contributed by atoms with Gasteiger partial charge in [-0.2, -0.15) is 0 Å². The van der Waals surface area contributed by atoms with Crippen LogP contribution in [-0.4, -0.2) is 11.0 Å². The number of hydrogen-bond donors (Lipinski definition) is 2. The molecule has 0 aliphatic rings. The van der Waals surface area contributed by atoms with Crippen LogP contribution in [0.1, 0.15) is 25.3 Å². The Morgan fingerprint density at radius 1 is 1.41 bits per heavy atom. The summed E-state index contributed by atoms with van der Waals surface area (Å²) in [5.74, 6) is 2.79. The third-order valence-corrected chi connectivity index (χ3v) is 2.95. The zero-order valence-electron chi connectivity index (χ0n) is 10.2. The molecule has 0 spiro atoms. The fourth-order valence-corrected chi connectivity index (χ4v) is 1.99. The van der Waals surface area contributed by atoms with Gasteiger partial charge in [0.1, 0.15) is 0 Å². The summed E-state index contributed by atoms with van der Waals surface area (Å²) in [5.41, 5.74) is 2.45. The lowest BCUT2D eigenvalue weighted by molar-refractivity contribution is 0.563. The van der Waals surface area contributed by atoms with Gasteiger partial charge in [-0.05, 0) is 35.6 Å². The van der Waals surface area contributed by atoms with Gasteiger partial charge in [0, 0.05) is 18.3 Å². The Morgan fingerprint density at radius 2 is 2.29 bits per heavy atom. The molecule has 0 aliphatic carbocycles. The van der Waals surface area contributed by atoms with Crippen molar-refractivity contribution >= 4 is 10.9 Å². The first-order valence-electron chi connectivity index (χ1n) is 6.09. The first kappa shape index (κ1) is 11.8. The quantitative estimate of drug-likeness (QED) is 0.753. The van der Waals surface area contributed by atoms with Gasteiger partial charge in [-0.1, -0.05) is 25.3 Å². The van der Waals surface area contributed by atoms with E-state index in [0.29, 0.717) is 0 Å². The van der Waals surface area contributed by atoms with Crippen molar-refractivity contribution in [2.45, 2.75) is 32.4 Å². The van der Waals surface area contributed by atoms with Crippen molar-refractivity contribution in [3.63, 3.8) is 0 Å². The highest BCUT2D eigenvalue weighted by Gasteiger charge is 2.03. The van der Waals surface area contributed by atoms with Gasteiger partial charge in [-0.15, -0.1) is 6.42 Å². The van der Waals surface area contributed by atoms with Gasteiger partial charge in [0.15, 0.2) is 0 Å². The number of terminal acetylenes is 1. The molecule has 2 N–H and O–H groups in total. The molecule has 0 saturated carbocycles. The molecule has 2 heteroatoms. The molecule has 1 heterocycles. The van der Waals surface area contributed by atoms with E-state index in [4.69, 9.17) is 6.42 Å². The summed E-state index contributed by atoms with van der Waals surface area (Å²) >= 11 is 0. The largest absolute Gasteiger partial charge is 0.361 e. The number of fused-ring (bicyclic) bond motifs is 1. The molecular formula is C15H18N2. The molecule has 88 valence electrons. The van der Waals surface area contributed by atoms with Gasteiger partial charge in [0.2, 0.25) is 0 Å². The lowest BCUT2D eigenvalue weighted by atomic mass is 10.1. The molecule has 1 unspecified atom stereocenters. The van der Waals surface area contributed by atoms with Crippen LogP contribution >= 0.6 is 0 Å². The number of rotatable bonds is 5. The van der Waals surface area contributed by atoms with Crippen LogP contribution in [0.4, 0.5) is 0 Å². The molecular weight excluding hydrogens is 208 g/mol. The van der Waals surface area contributed by atoms with Crippen molar-refractivity contribution in [3.05, 3.63) is 36.0 Å². The molecule has 1 aromatic carbocycles. The van der Waals surface area contributed by atoms with E-state index in [1.54, 1.807) is 0 Å². The van der Waals surface area contributed by atoms with E-state index in [1.165, 1.54) is 16.5 Å². The number of aromatic nitrogens is 1. The van der Waals surface area contributed by atoms with Gasteiger partial charge in [-0.25, -0.2) is 0 Å². The van der Waals surface area contributed by atoms with E-state index in [1.807, 2.05) is 6.20 Å². The molecule has 2 aromatic rings. The second-order valence-electron chi connectivity index (χ2n) is 4.29. The van der Waals surface area contributed by atoms with E-state index in [0.717, 1.165) is 19.4 Å². The summed E-state index contributed by atoms with van der Waals surface area (Å²) in [6, 6.07) is 8.70. The lowest BCUT2D eigenvalue weighted by Crippen LogP contribution is -2.26. The van der Waals surface area contributed by atoms with E-state index in [9.17, 15) is 0 Å². The first-order valence-corrected chi connectivity index (χ1v) is 6.09. The second kappa shape index (κ2) is 5.56. The summed E-state index contributed by atoms with van der Waals surface area (Å²) in [6.45, 7) is 2.98. The molecule has 1 aromatic heterocycles. The van der Waals surface area contributed by atoms with Crippen LogP contribution < -0.4 is 5.32 Å². The average Bonchev–Trinajstić information content (AvgIpc) is 2.81. The molecule has 0 radical (unpaired) electrons.